The molecule has 1 unspecified atom stereocenters. The van der Waals surface area contributed by atoms with Gasteiger partial charge in [0.15, 0.2) is 0 Å². The number of carbonyl (C=O) groups is 1. The normalized spacial score (nSPS) is 11.9. The zero-order valence-electron chi connectivity index (χ0n) is 11.7. The van der Waals surface area contributed by atoms with Gasteiger partial charge in [-0.2, -0.15) is 0 Å². The van der Waals surface area contributed by atoms with Crippen LogP contribution in [0, 0.1) is 5.92 Å². The van der Waals surface area contributed by atoms with Crippen LogP contribution in [0.15, 0.2) is 18.3 Å². The summed E-state index contributed by atoms with van der Waals surface area (Å²) in [5, 5.41) is 2.89. The molecule has 1 atom stereocenters. The largest absolute Gasteiger partial charge is 0.481 e. The van der Waals surface area contributed by atoms with Crippen molar-refractivity contribution in [2.24, 2.45) is 11.7 Å². The van der Waals surface area contributed by atoms with E-state index in [9.17, 15) is 4.79 Å². The van der Waals surface area contributed by atoms with Crippen LogP contribution in [-0.4, -0.2) is 24.5 Å². The second-order valence-corrected chi connectivity index (χ2v) is 4.70. The highest BCUT2D eigenvalue weighted by Crippen LogP contribution is 2.10. The molecule has 1 heterocycles. The Morgan fingerprint density at radius 3 is 3.00 bits per heavy atom. The van der Waals surface area contributed by atoms with Gasteiger partial charge in [-0.25, -0.2) is 4.98 Å². The van der Waals surface area contributed by atoms with Gasteiger partial charge in [-0.1, -0.05) is 6.92 Å². The van der Waals surface area contributed by atoms with Crippen molar-refractivity contribution >= 4 is 5.91 Å². The van der Waals surface area contributed by atoms with Crippen molar-refractivity contribution < 1.29 is 9.53 Å². The van der Waals surface area contributed by atoms with Crippen LogP contribution in [0.1, 0.15) is 31.7 Å². The third kappa shape index (κ3) is 6.20. The summed E-state index contributed by atoms with van der Waals surface area (Å²) < 4.78 is 5.03. The van der Waals surface area contributed by atoms with Gasteiger partial charge in [0.25, 0.3) is 0 Å². The summed E-state index contributed by atoms with van der Waals surface area (Å²) in [5.74, 6) is 1.12. The summed E-state index contributed by atoms with van der Waals surface area (Å²) in [6, 6.07) is 3.68. The lowest BCUT2D eigenvalue weighted by atomic mass is 10.0. The van der Waals surface area contributed by atoms with E-state index in [1.807, 2.05) is 12.1 Å². The summed E-state index contributed by atoms with van der Waals surface area (Å²) in [7, 11) is 1.57. The summed E-state index contributed by atoms with van der Waals surface area (Å²) in [6.45, 7) is 3.30. The van der Waals surface area contributed by atoms with E-state index in [0.29, 0.717) is 31.3 Å². The first-order valence-corrected chi connectivity index (χ1v) is 6.61. The SMILES string of the molecule is COc1cc(CNC(=O)CCC(C)CCN)ccn1. The molecule has 0 aliphatic carbocycles. The van der Waals surface area contributed by atoms with Crippen LogP contribution in [0.2, 0.25) is 0 Å². The molecule has 1 amide bonds. The Morgan fingerprint density at radius 2 is 2.32 bits per heavy atom. The molecule has 19 heavy (non-hydrogen) atoms. The molecule has 0 aliphatic heterocycles. The highest BCUT2D eigenvalue weighted by atomic mass is 16.5. The Kier molecular flexibility index (Phi) is 6.89. The highest BCUT2D eigenvalue weighted by molar-refractivity contribution is 5.75. The number of rotatable bonds is 8. The molecule has 5 nitrogen and oxygen atoms in total. The third-order valence-electron chi connectivity index (χ3n) is 3.02. The van der Waals surface area contributed by atoms with Gasteiger partial charge in [0.2, 0.25) is 11.8 Å². The average molecular weight is 265 g/mol. The predicted molar refractivity (Wildman–Crippen MR) is 74.7 cm³/mol. The van der Waals surface area contributed by atoms with Crippen molar-refractivity contribution in [3.05, 3.63) is 23.9 Å². The number of ether oxygens (including phenoxy) is 1. The van der Waals surface area contributed by atoms with E-state index in [2.05, 4.69) is 17.2 Å². The van der Waals surface area contributed by atoms with Gasteiger partial charge in [-0.3, -0.25) is 4.79 Å². The monoisotopic (exact) mass is 265 g/mol. The second-order valence-electron chi connectivity index (χ2n) is 4.70. The maximum Gasteiger partial charge on any atom is 0.220 e. The summed E-state index contributed by atoms with van der Waals surface area (Å²) >= 11 is 0. The van der Waals surface area contributed by atoms with E-state index < -0.39 is 0 Å². The van der Waals surface area contributed by atoms with Crippen LogP contribution in [0.3, 0.4) is 0 Å². The number of hydrogen-bond donors (Lipinski definition) is 2. The number of hydrogen-bond acceptors (Lipinski definition) is 4. The summed E-state index contributed by atoms with van der Waals surface area (Å²) in [4.78, 5) is 15.7. The predicted octanol–water partition coefficient (Wildman–Crippen LogP) is 1.47. The number of nitrogens with zero attached hydrogens (tertiary/aromatic N) is 1. The van der Waals surface area contributed by atoms with Crippen LogP contribution < -0.4 is 15.8 Å². The van der Waals surface area contributed by atoms with Gasteiger partial charge >= 0.3 is 0 Å². The van der Waals surface area contributed by atoms with E-state index in [-0.39, 0.29) is 5.91 Å². The molecule has 0 radical (unpaired) electrons. The van der Waals surface area contributed by atoms with E-state index in [1.54, 1.807) is 13.3 Å². The molecule has 0 bridgehead atoms. The Labute approximate surface area is 114 Å². The lowest BCUT2D eigenvalue weighted by Gasteiger charge is -2.10. The number of aromatic nitrogens is 1. The van der Waals surface area contributed by atoms with Crippen molar-refractivity contribution in [3.63, 3.8) is 0 Å². The Hall–Kier alpha value is -1.62. The number of methoxy groups -OCH3 is 1. The topological polar surface area (TPSA) is 77.2 Å². The molecule has 0 aliphatic rings. The third-order valence-corrected chi connectivity index (χ3v) is 3.02. The summed E-state index contributed by atoms with van der Waals surface area (Å²) in [5.41, 5.74) is 6.46. The zero-order chi connectivity index (χ0) is 14.1. The lowest BCUT2D eigenvalue weighted by molar-refractivity contribution is -0.121. The number of pyridine rings is 1. The molecule has 0 fully saturated rings. The molecule has 1 aromatic rings. The van der Waals surface area contributed by atoms with Crippen molar-refractivity contribution in [1.29, 1.82) is 0 Å². The molecule has 0 aromatic carbocycles. The second kappa shape index (κ2) is 8.48. The maximum absolute atomic E-state index is 11.7. The van der Waals surface area contributed by atoms with Gasteiger partial charge in [0.05, 0.1) is 7.11 Å². The van der Waals surface area contributed by atoms with E-state index in [4.69, 9.17) is 10.5 Å². The van der Waals surface area contributed by atoms with Crippen molar-refractivity contribution in [1.82, 2.24) is 10.3 Å². The lowest BCUT2D eigenvalue weighted by Crippen LogP contribution is -2.23. The van der Waals surface area contributed by atoms with Crippen LogP contribution in [0.4, 0.5) is 0 Å². The Morgan fingerprint density at radius 1 is 1.53 bits per heavy atom. The smallest absolute Gasteiger partial charge is 0.220 e. The van der Waals surface area contributed by atoms with Gasteiger partial charge < -0.3 is 15.8 Å². The molecule has 1 rings (SSSR count). The van der Waals surface area contributed by atoms with Crippen LogP contribution in [0.5, 0.6) is 5.88 Å². The standard InChI is InChI=1S/C14H23N3O2/c1-11(5-7-15)3-4-13(18)17-10-12-6-8-16-14(9-12)19-2/h6,8-9,11H,3-5,7,10,15H2,1-2H3,(H,17,18). The zero-order valence-corrected chi connectivity index (χ0v) is 11.7. The average Bonchev–Trinajstić information content (AvgIpc) is 2.43. The van der Waals surface area contributed by atoms with Gasteiger partial charge in [-0.05, 0) is 36.9 Å². The Balaban J connectivity index is 2.29. The van der Waals surface area contributed by atoms with E-state index in [1.165, 1.54) is 0 Å². The molecule has 1 aromatic heterocycles. The summed E-state index contributed by atoms with van der Waals surface area (Å²) in [6.07, 6.45) is 4.06. The van der Waals surface area contributed by atoms with Crippen LogP contribution in [0.25, 0.3) is 0 Å². The number of amides is 1. The minimum atomic E-state index is 0.0691. The van der Waals surface area contributed by atoms with Crippen molar-refractivity contribution in [3.8, 4) is 5.88 Å². The number of carbonyl (C=O) groups excluding carboxylic acids is 1. The molecule has 5 heteroatoms. The quantitative estimate of drug-likeness (QED) is 0.746. The highest BCUT2D eigenvalue weighted by Gasteiger charge is 2.06. The van der Waals surface area contributed by atoms with Crippen LogP contribution >= 0.6 is 0 Å². The fourth-order valence-corrected chi connectivity index (χ4v) is 1.77. The van der Waals surface area contributed by atoms with Crippen molar-refractivity contribution in [2.45, 2.75) is 32.7 Å². The van der Waals surface area contributed by atoms with Gasteiger partial charge in [0, 0.05) is 25.2 Å². The molecule has 0 saturated carbocycles. The molecule has 3 N–H and O–H groups in total. The molecule has 0 spiro atoms. The fourth-order valence-electron chi connectivity index (χ4n) is 1.77. The van der Waals surface area contributed by atoms with Crippen molar-refractivity contribution in [2.75, 3.05) is 13.7 Å². The molecule has 106 valence electrons. The van der Waals surface area contributed by atoms with E-state index in [0.717, 1.165) is 18.4 Å². The first-order valence-electron chi connectivity index (χ1n) is 6.61. The van der Waals surface area contributed by atoms with E-state index >= 15 is 0 Å². The number of nitrogens with two attached hydrogens (primary N) is 1. The minimum absolute atomic E-state index is 0.0691. The van der Waals surface area contributed by atoms with Gasteiger partial charge in [-0.15, -0.1) is 0 Å². The first kappa shape index (κ1) is 15.4. The fraction of sp³-hybridized carbons (Fsp3) is 0.571. The van der Waals surface area contributed by atoms with Crippen LogP contribution in [-0.2, 0) is 11.3 Å². The molecule has 0 saturated heterocycles. The van der Waals surface area contributed by atoms with Gasteiger partial charge in [0.1, 0.15) is 0 Å². The maximum atomic E-state index is 11.7. The Bertz CT molecular complexity index is 396. The molecular formula is C14H23N3O2. The first-order chi connectivity index (χ1) is 9.15. The number of nitrogens with one attached hydrogen (secondary N) is 1. The minimum Gasteiger partial charge on any atom is -0.481 e. The molecular weight excluding hydrogens is 242 g/mol.